The zero-order valence-electron chi connectivity index (χ0n) is 12.7. The van der Waals surface area contributed by atoms with E-state index in [4.69, 9.17) is 9.11 Å². The first-order valence-corrected chi connectivity index (χ1v) is 9.84. The van der Waals surface area contributed by atoms with E-state index in [0.29, 0.717) is 0 Å². The largest absolute Gasteiger partial charge is 0.349 e. The van der Waals surface area contributed by atoms with E-state index in [1.807, 2.05) is 0 Å². The van der Waals surface area contributed by atoms with Crippen LogP contribution in [0.2, 0.25) is 0 Å². The summed E-state index contributed by atoms with van der Waals surface area (Å²) in [5, 5.41) is 4.54. The molecule has 0 aromatic rings. The van der Waals surface area contributed by atoms with Crippen molar-refractivity contribution in [3.63, 3.8) is 0 Å². The van der Waals surface area contributed by atoms with Gasteiger partial charge in [-0.25, -0.2) is 0 Å². The highest BCUT2D eigenvalue weighted by molar-refractivity contribution is 7.86. The van der Waals surface area contributed by atoms with Gasteiger partial charge in [0.1, 0.15) is 0 Å². The molecule has 24 heavy (non-hydrogen) atoms. The Morgan fingerprint density at radius 1 is 0.833 bits per heavy atom. The molecule has 0 saturated heterocycles. The minimum atomic E-state index is -4.41. The van der Waals surface area contributed by atoms with E-state index in [-0.39, 0.29) is 12.8 Å². The van der Waals surface area contributed by atoms with Crippen LogP contribution in [-0.2, 0) is 29.8 Å². The van der Waals surface area contributed by atoms with Gasteiger partial charge in [0.25, 0.3) is 20.2 Å². The third-order valence-corrected chi connectivity index (χ3v) is 4.40. The molecule has 0 aromatic carbocycles. The summed E-state index contributed by atoms with van der Waals surface area (Å²) >= 11 is 0. The second-order valence-electron chi connectivity index (χ2n) is 4.89. The molecule has 0 fully saturated rings. The van der Waals surface area contributed by atoms with Crippen LogP contribution in [0.4, 0.5) is 0 Å². The molecular weight excluding hydrogens is 364 g/mol. The van der Waals surface area contributed by atoms with Gasteiger partial charge in [0.15, 0.2) is 0 Å². The number of carbonyl (C=O) groups excluding carboxylic acids is 2. The Hall–Kier alpha value is -1.76. The van der Waals surface area contributed by atoms with Crippen LogP contribution in [0.15, 0.2) is 25.3 Å². The lowest BCUT2D eigenvalue weighted by atomic mass is 10.1. The molecule has 2 unspecified atom stereocenters. The fourth-order valence-corrected chi connectivity index (χ4v) is 3.34. The first kappa shape index (κ1) is 22.2. The lowest BCUT2D eigenvalue weighted by molar-refractivity contribution is -0.118. The maximum Gasteiger partial charge on any atom is 0.266 e. The molecule has 0 radical (unpaired) electrons. The predicted octanol–water partition coefficient (Wildman–Crippen LogP) is -1.12. The van der Waals surface area contributed by atoms with Crippen LogP contribution in [0.3, 0.4) is 0 Å². The molecule has 138 valence electrons. The second kappa shape index (κ2) is 9.52. The molecule has 2 amide bonds. The molecule has 0 aromatic heterocycles. The van der Waals surface area contributed by atoms with Crippen molar-refractivity contribution in [3.05, 3.63) is 25.3 Å². The van der Waals surface area contributed by atoms with E-state index in [9.17, 15) is 26.4 Å². The van der Waals surface area contributed by atoms with Crippen molar-refractivity contribution in [2.24, 2.45) is 0 Å². The minimum absolute atomic E-state index is 0.100. The first-order valence-electron chi connectivity index (χ1n) is 6.62. The van der Waals surface area contributed by atoms with Gasteiger partial charge in [-0.2, -0.15) is 16.8 Å². The number of carbonyl (C=O) groups is 2. The quantitative estimate of drug-likeness (QED) is 0.257. The Labute approximate surface area is 140 Å². The highest BCUT2D eigenvalue weighted by atomic mass is 32.2. The Balaban J connectivity index is 5.04. The Bertz CT molecular complexity index is 624. The molecule has 0 aliphatic heterocycles. The van der Waals surface area contributed by atoms with Gasteiger partial charge in [0.2, 0.25) is 11.8 Å². The van der Waals surface area contributed by atoms with Crippen molar-refractivity contribution in [1.82, 2.24) is 10.6 Å². The summed E-state index contributed by atoms with van der Waals surface area (Å²) in [6.45, 7) is 6.40. The van der Waals surface area contributed by atoms with Crippen LogP contribution in [-0.4, -0.2) is 61.3 Å². The van der Waals surface area contributed by atoms with Crippen molar-refractivity contribution in [1.29, 1.82) is 0 Å². The zero-order chi connectivity index (χ0) is 19.0. The fourth-order valence-electron chi connectivity index (χ4n) is 1.83. The Kier molecular flexibility index (Phi) is 8.82. The van der Waals surface area contributed by atoms with Gasteiger partial charge >= 0.3 is 0 Å². The van der Waals surface area contributed by atoms with Crippen LogP contribution in [0.5, 0.6) is 0 Å². The van der Waals surface area contributed by atoms with Gasteiger partial charge in [-0.3, -0.25) is 18.7 Å². The highest BCUT2D eigenvalue weighted by Gasteiger charge is 2.23. The summed E-state index contributed by atoms with van der Waals surface area (Å²) in [6.07, 6.45) is 1.59. The van der Waals surface area contributed by atoms with E-state index in [1.165, 1.54) is 0 Å². The van der Waals surface area contributed by atoms with Crippen molar-refractivity contribution in [2.75, 3.05) is 11.5 Å². The highest BCUT2D eigenvalue weighted by Crippen LogP contribution is 2.07. The molecule has 2 atom stereocenters. The van der Waals surface area contributed by atoms with E-state index in [1.54, 1.807) is 0 Å². The third kappa shape index (κ3) is 11.8. The van der Waals surface area contributed by atoms with Gasteiger partial charge in [0, 0.05) is 12.1 Å². The smallest absolute Gasteiger partial charge is 0.266 e. The summed E-state index contributed by atoms with van der Waals surface area (Å²) in [5.41, 5.74) is 0. The average Bonchev–Trinajstić information content (AvgIpc) is 2.40. The molecule has 0 bridgehead atoms. The predicted molar refractivity (Wildman–Crippen MR) is 86.3 cm³/mol. The topological polar surface area (TPSA) is 167 Å². The molecule has 0 aliphatic rings. The van der Waals surface area contributed by atoms with Crippen molar-refractivity contribution in [2.45, 2.75) is 24.9 Å². The number of amides is 2. The minimum Gasteiger partial charge on any atom is -0.349 e. The monoisotopic (exact) mass is 384 g/mol. The van der Waals surface area contributed by atoms with Gasteiger partial charge in [-0.05, 0) is 25.0 Å². The molecule has 0 saturated carbocycles. The van der Waals surface area contributed by atoms with Gasteiger partial charge < -0.3 is 10.6 Å². The third-order valence-electron chi connectivity index (χ3n) is 2.75. The molecule has 0 aliphatic carbocycles. The zero-order valence-corrected chi connectivity index (χ0v) is 14.3. The number of hydrogen-bond acceptors (Lipinski definition) is 6. The van der Waals surface area contributed by atoms with Gasteiger partial charge in [-0.15, -0.1) is 0 Å². The molecule has 0 rings (SSSR count). The summed E-state index contributed by atoms with van der Waals surface area (Å²) in [7, 11) is -8.82. The maximum absolute atomic E-state index is 11.3. The summed E-state index contributed by atoms with van der Waals surface area (Å²) in [4.78, 5) is 22.6. The lowest BCUT2D eigenvalue weighted by Crippen LogP contribution is -2.43. The van der Waals surface area contributed by atoms with E-state index in [0.717, 1.165) is 12.2 Å². The Morgan fingerprint density at radius 3 is 1.33 bits per heavy atom. The summed E-state index contributed by atoms with van der Waals surface area (Å²) < 4.78 is 61.6. The van der Waals surface area contributed by atoms with Crippen LogP contribution in [0, 0.1) is 0 Å². The standard InChI is InChI=1S/C12H20N2O8S2/c1-3-11(15)13-9(7-23(17,18)19)5-6-10(8-24(20,21)22)14-12(16)4-2/h3-4,9-10H,1-2,5-8H2,(H,13,15)(H,14,16)(H,17,18,19)(H,20,21,22). The summed E-state index contributed by atoms with van der Waals surface area (Å²) in [5.74, 6) is -2.99. The molecule has 12 heteroatoms. The van der Waals surface area contributed by atoms with Crippen molar-refractivity contribution in [3.8, 4) is 0 Å². The number of hydrogen-bond donors (Lipinski definition) is 4. The summed E-state index contributed by atoms with van der Waals surface area (Å²) in [6, 6.07) is -2.09. The maximum atomic E-state index is 11.3. The van der Waals surface area contributed by atoms with E-state index >= 15 is 0 Å². The SMILES string of the molecule is C=CC(=O)NC(CCC(CS(=O)(=O)O)NC(=O)C=C)CS(=O)(=O)O. The van der Waals surface area contributed by atoms with E-state index in [2.05, 4.69) is 23.8 Å². The van der Waals surface area contributed by atoms with Crippen molar-refractivity contribution < 1.29 is 35.5 Å². The van der Waals surface area contributed by atoms with Gasteiger partial charge in [0.05, 0.1) is 11.5 Å². The lowest BCUT2D eigenvalue weighted by Gasteiger charge is -2.21. The number of rotatable bonds is 11. The molecule has 0 heterocycles. The van der Waals surface area contributed by atoms with E-state index < -0.39 is 55.6 Å². The average molecular weight is 384 g/mol. The molecule has 0 spiro atoms. The van der Waals surface area contributed by atoms with Crippen LogP contribution in [0.1, 0.15) is 12.8 Å². The van der Waals surface area contributed by atoms with Crippen LogP contribution in [0.25, 0.3) is 0 Å². The molecule has 10 nitrogen and oxygen atoms in total. The molecule has 4 N–H and O–H groups in total. The van der Waals surface area contributed by atoms with Crippen LogP contribution >= 0.6 is 0 Å². The van der Waals surface area contributed by atoms with Crippen molar-refractivity contribution >= 4 is 32.1 Å². The van der Waals surface area contributed by atoms with Gasteiger partial charge in [-0.1, -0.05) is 13.2 Å². The Morgan fingerprint density at radius 2 is 1.12 bits per heavy atom. The fraction of sp³-hybridized carbons (Fsp3) is 0.500. The van der Waals surface area contributed by atoms with Crippen LogP contribution < -0.4 is 10.6 Å². The second-order valence-corrected chi connectivity index (χ2v) is 7.89. The normalized spacial score (nSPS) is 14.2. The molecular formula is C12H20N2O8S2. The number of nitrogens with one attached hydrogen (secondary N) is 2. The first-order chi connectivity index (χ1) is 10.9.